The van der Waals surface area contributed by atoms with E-state index in [2.05, 4.69) is 6.92 Å². The predicted octanol–water partition coefficient (Wildman–Crippen LogP) is 2.77. The fourth-order valence-electron chi connectivity index (χ4n) is 7.26. The molecule has 2 aliphatic carbocycles. The van der Waals surface area contributed by atoms with Crippen molar-refractivity contribution in [2.45, 2.75) is 102 Å². The summed E-state index contributed by atoms with van der Waals surface area (Å²) >= 11 is 0. The van der Waals surface area contributed by atoms with E-state index in [1.54, 1.807) is 14.0 Å². The Hall–Kier alpha value is -1.02. The maximum Gasteiger partial charge on any atom is 0.303 e. The molecule has 0 radical (unpaired) electrons. The standard InChI is InChI=1S/C23H36O7/c1-14(24)29-21(5)17(26)11-15-19(2,3)16(25)7-8-20(15,4)23(21)10-9-22(30-23)12-18(27-6)28-13-22/h15-16,18,25H,7-13H2,1-6H3/t15-,16+,18-,20-,21-,22+,23-/m0/s1. The van der Waals surface area contributed by atoms with Gasteiger partial charge in [-0.2, -0.15) is 0 Å². The molecule has 7 atom stereocenters. The molecule has 1 N–H and O–H groups in total. The molecule has 2 saturated carbocycles. The van der Waals surface area contributed by atoms with Gasteiger partial charge in [-0.3, -0.25) is 9.59 Å². The number of esters is 1. The van der Waals surface area contributed by atoms with E-state index in [0.29, 0.717) is 38.7 Å². The first-order valence-electron chi connectivity index (χ1n) is 11.1. The predicted molar refractivity (Wildman–Crippen MR) is 108 cm³/mol. The first kappa shape index (κ1) is 22.2. The third kappa shape index (κ3) is 2.71. The van der Waals surface area contributed by atoms with Gasteiger partial charge < -0.3 is 24.1 Å². The van der Waals surface area contributed by atoms with E-state index in [9.17, 15) is 14.7 Å². The summed E-state index contributed by atoms with van der Waals surface area (Å²) < 4.78 is 24.0. The summed E-state index contributed by atoms with van der Waals surface area (Å²) in [6, 6.07) is 0. The lowest BCUT2D eigenvalue weighted by molar-refractivity contribution is -0.293. The van der Waals surface area contributed by atoms with E-state index in [4.69, 9.17) is 18.9 Å². The summed E-state index contributed by atoms with van der Waals surface area (Å²) in [5, 5.41) is 10.8. The smallest absolute Gasteiger partial charge is 0.303 e. The number of rotatable bonds is 2. The summed E-state index contributed by atoms with van der Waals surface area (Å²) in [7, 11) is 1.61. The molecule has 7 heteroatoms. The lowest BCUT2D eigenvalue weighted by Crippen LogP contribution is -2.75. The molecule has 0 aromatic heterocycles. The van der Waals surface area contributed by atoms with Crippen LogP contribution in [0.2, 0.25) is 0 Å². The second-order valence-electron chi connectivity index (χ2n) is 10.9. The zero-order chi connectivity index (χ0) is 22.2. The van der Waals surface area contributed by atoms with Gasteiger partial charge in [0.05, 0.1) is 18.3 Å². The largest absolute Gasteiger partial charge is 0.448 e. The molecule has 7 nitrogen and oxygen atoms in total. The summed E-state index contributed by atoms with van der Waals surface area (Å²) in [6.45, 7) is 9.73. The van der Waals surface area contributed by atoms with Crippen LogP contribution < -0.4 is 0 Å². The Morgan fingerprint density at radius 1 is 1.17 bits per heavy atom. The molecule has 170 valence electrons. The lowest BCUT2D eigenvalue weighted by Gasteiger charge is -2.66. The zero-order valence-electron chi connectivity index (χ0n) is 19.1. The molecule has 2 spiro atoms. The van der Waals surface area contributed by atoms with Crippen molar-refractivity contribution in [1.82, 2.24) is 0 Å². The molecule has 2 heterocycles. The first-order valence-corrected chi connectivity index (χ1v) is 11.1. The molecule has 0 aromatic carbocycles. The van der Waals surface area contributed by atoms with Crippen molar-refractivity contribution < 1.29 is 33.6 Å². The van der Waals surface area contributed by atoms with Gasteiger partial charge in [0, 0.05) is 32.3 Å². The van der Waals surface area contributed by atoms with Crippen LogP contribution in [0.15, 0.2) is 0 Å². The van der Waals surface area contributed by atoms with E-state index >= 15 is 0 Å². The first-order chi connectivity index (χ1) is 13.9. The van der Waals surface area contributed by atoms with Crippen LogP contribution in [-0.2, 0) is 28.5 Å². The molecule has 2 saturated heterocycles. The molecule has 4 rings (SSSR count). The number of aliphatic hydroxyl groups excluding tert-OH is 1. The number of fused-ring (bicyclic) bond motifs is 2. The number of methoxy groups -OCH3 is 1. The van der Waals surface area contributed by atoms with Crippen LogP contribution in [-0.4, -0.2) is 59.8 Å². The van der Waals surface area contributed by atoms with Gasteiger partial charge in [-0.25, -0.2) is 0 Å². The van der Waals surface area contributed by atoms with Gasteiger partial charge in [-0.1, -0.05) is 20.8 Å². The van der Waals surface area contributed by atoms with E-state index in [1.165, 1.54) is 6.92 Å². The summed E-state index contributed by atoms with van der Waals surface area (Å²) in [5.74, 6) is -0.688. The highest BCUT2D eigenvalue weighted by Crippen LogP contribution is 2.69. The van der Waals surface area contributed by atoms with Gasteiger partial charge in [0.1, 0.15) is 5.60 Å². The minimum Gasteiger partial charge on any atom is -0.448 e. The van der Waals surface area contributed by atoms with Crippen molar-refractivity contribution in [1.29, 1.82) is 0 Å². The topological polar surface area (TPSA) is 91.3 Å². The van der Waals surface area contributed by atoms with Gasteiger partial charge in [0.15, 0.2) is 17.7 Å². The normalized spacial score (nSPS) is 50.1. The van der Waals surface area contributed by atoms with Crippen LogP contribution >= 0.6 is 0 Å². The highest BCUT2D eigenvalue weighted by atomic mass is 16.7. The number of hydrogen-bond acceptors (Lipinski definition) is 7. The number of hydrogen-bond donors (Lipinski definition) is 1. The molecule has 4 aliphatic rings. The fraction of sp³-hybridized carbons (Fsp3) is 0.913. The third-order valence-electron chi connectivity index (χ3n) is 9.08. The quantitative estimate of drug-likeness (QED) is 0.682. The number of carbonyl (C=O) groups is 2. The van der Waals surface area contributed by atoms with Crippen molar-refractivity contribution in [3.8, 4) is 0 Å². The highest BCUT2D eigenvalue weighted by Gasteiger charge is 2.77. The molecule has 0 unspecified atom stereocenters. The monoisotopic (exact) mass is 424 g/mol. The van der Waals surface area contributed by atoms with E-state index in [0.717, 1.165) is 0 Å². The Labute approximate surface area is 178 Å². The fourth-order valence-corrected chi connectivity index (χ4v) is 7.26. The van der Waals surface area contributed by atoms with Crippen molar-refractivity contribution in [2.75, 3.05) is 13.7 Å². The van der Waals surface area contributed by atoms with Gasteiger partial charge in [0.25, 0.3) is 0 Å². The molecule has 0 aromatic rings. The highest BCUT2D eigenvalue weighted by molar-refractivity contribution is 5.92. The Morgan fingerprint density at radius 2 is 1.87 bits per heavy atom. The van der Waals surface area contributed by atoms with Crippen molar-refractivity contribution in [2.24, 2.45) is 16.7 Å². The summed E-state index contributed by atoms with van der Waals surface area (Å²) in [4.78, 5) is 25.8. The molecule has 4 fully saturated rings. The number of Topliss-reactive ketones (excluding diaryl/α,β-unsaturated/α-hetero) is 1. The maximum absolute atomic E-state index is 13.6. The van der Waals surface area contributed by atoms with Gasteiger partial charge in [-0.05, 0) is 43.9 Å². The van der Waals surface area contributed by atoms with Crippen LogP contribution in [0.5, 0.6) is 0 Å². The molecule has 30 heavy (non-hydrogen) atoms. The van der Waals surface area contributed by atoms with E-state index in [1.807, 2.05) is 13.8 Å². The van der Waals surface area contributed by atoms with Crippen LogP contribution in [0.4, 0.5) is 0 Å². The van der Waals surface area contributed by atoms with Crippen molar-refractivity contribution in [3.63, 3.8) is 0 Å². The maximum atomic E-state index is 13.6. The lowest BCUT2D eigenvalue weighted by atomic mass is 9.42. The minimum absolute atomic E-state index is 0.0828. The number of ether oxygens (including phenoxy) is 4. The van der Waals surface area contributed by atoms with Crippen LogP contribution in [0.1, 0.15) is 73.1 Å². The number of aliphatic hydroxyl groups is 1. The second kappa shape index (κ2) is 6.74. The summed E-state index contributed by atoms with van der Waals surface area (Å²) in [5.41, 5.74) is -3.81. The van der Waals surface area contributed by atoms with Crippen molar-refractivity contribution in [3.05, 3.63) is 0 Å². The Kier molecular flexibility index (Phi) is 4.98. The molecule has 0 amide bonds. The van der Waals surface area contributed by atoms with E-state index < -0.39 is 39.7 Å². The van der Waals surface area contributed by atoms with Crippen LogP contribution in [0.3, 0.4) is 0 Å². The van der Waals surface area contributed by atoms with E-state index in [-0.39, 0.29) is 24.4 Å². The zero-order valence-corrected chi connectivity index (χ0v) is 19.1. The van der Waals surface area contributed by atoms with Crippen molar-refractivity contribution >= 4 is 11.8 Å². The average molecular weight is 425 g/mol. The Balaban J connectivity index is 1.84. The summed E-state index contributed by atoms with van der Waals surface area (Å²) in [6.07, 6.45) is 2.66. The molecular formula is C23H36O7. The van der Waals surface area contributed by atoms with Crippen LogP contribution in [0, 0.1) is 16.7 Å². The Morgan fingerprint density at radius 3 is 2.47 bits per heavy atom. The van der Waals surface area contributed by atoms with Gasteiger partial charge >= 0.3 is 5.97 Å². The van der Waals surface area contributed by atoms with Gasteiger partial charge in [-0.15, -0.1) is 0 Å². The molecule has 0 bridgehead atoms. The van der Waals surface area contributed by atoms with Crippen LogP contribution in [0.25, 0.3) is 0 Å². The number of ketones is 1. The van der Waals surface area contributed by atoms with Gasteiger partial charge in [0.2, 0.25) is 0 Å². The Bertz CT molecular complexity index is 750. The average Bonchev–Trinajstić information content (AvgIpc) is 3.26. The third-order valence-corrected chi connectivity index (χ3v) is 9.08. The second-order valence-corrected chi connectivity index (χ2v) is 10.9. The minimum atomic E-state index is -1.38. The number of carbonyl (C=O) groups excluding carboxylic acids is 2. The molecular weight excluding hydrogens is 388 g/mol. The SMILES string of the molecule is CO[C@@H]1C[C@]2(CC[C@@]3(O2)[C@@](C)(OC(C)=O)C(=O)C[C@H]2C(C)(C)[C@H](O)CC[C@@]23C)CO1. The molecule has 2 aliphatic heterocycles.